The van der Waals surface area contributed by atoms with E-state index in [-0.39, 0.29) is 44.0 Å². The molecule has 0 saturated carbocycles. The van der Waals surface area contributed by atoms with Gasteiger partial charge in [0.2, 0.25) is 0 Å². The molecule has 8 heteroatoms. The Morgan fingerprint density at radius 1 is 1.00 bits per heavy atom. The second-order valence-electron chi connectivity index (χ2n) is 9.19. The minimum absolute atomic E-state index is 0.0813. The summed E-state index contributed by atoms with van der Waals surface area (Å²) < 4.78 is 5.36. The summed E-state index contributed by atoms with van der Waals surface area (Å²) in [5.74, 6) is -1.33. The molecule has 3 rings (SSSR count). The Hall–Kier alpha value is -3.91. The van der Waals surface area contributed by atoms with Crippen molar-refractivity contribution in [3.8, 4) is 11.1 Å². The smallest absolute Gasteiger partial charge is 0.338 e. The molecule has 8 nitrogen and oxygen atoms in total. The third-order valence-corrected chi connectivity index (χ3v) is 5.93. The van der Waals surface area contributed by atoms with Crippen LogP contribution in [0.4, 0.5) is 10.5 Å². The van der Waals surface area contributed by atoms with Crippen LogP contribution in [0.3, 0.4) is 0 Å². The van der Waals surface area contributed by atoms with Crippen molar-refractivity contribution >= 4 is 34.4 Å². The van der Waals surface area contributed by atoms with Crippen LogP contribution in [0.15, 0.2) is 48.5 Å². The second kappa shape index (κ2) is 12.9. The Balaban J connectivity index is 2.29. The van der Waals surface area contributed by atoms with Gasteiger partial charge in [0.25, 0.3) is 0 Å². The van der Waals surface area contributed by atoms with Gasteiger partial charge in [0, 0.05) is 30.8 Å². The van der Waals surface area contributed by atoms with Crippen LogP contribution in [0.25, 0.3) is 21.9 Å². The molecule has 4 N–H and O–H groups in total. The number of ether oxygens (including phenoxy) is 1. The summed E-state index contributed by atoms with van der Waals surface area (Å²) in [4.78, 5) is 37.4. The number of nitrogens with one attached hydrogen (secondary N) is 2. The Morgan fingerprint density at radius 3 is 2.38 bits per heavy atom. The molecule has 3 aromatic carbocycles. The van der Waals surface area contributed by atoms with Crippen LogP contribution in [0, 0.1) is 5.92 Å². The third-order valence-electron chi connectivity index (χ3n) is 5.93. The summed E-state index contributed by atoms with van der Waals surface area (Å²) in [7, 11) is 0. The van der Waals surface area contributed by atoms with Gasteiger partial charge in [-0.3, -0.25) is 4.79 Å². The first-order valence-electron chi connectivity index (χ1n) is 12.5. The van der Waals surface area contributed by atoms with Crippen molar-refractivity contribution < 1.29 is 29.3 Å². The summed E-state index contributed by atoms with van der Waals surface area (Å²) >= 11 is 0. The van der Waals surface area contributed by atoms with Gasteiger partial charge in [-0.2, -0.15) is 0 Å². The second-order valence-corrected chi connectivity index (χ2v) is 9.19. The lowest BCUT2D eigenvalue weighted by Crippen LogP contribution is -2.32. The average Bonchev–Trinajstić information content (AvgIpc) is 2.87. The van der Waals surface area contributed by atoms with E-state index < -0.39 is 18.0 Å². The zero-order chi connectivity index (χ0) is 26.9. The fourth-order valence-corrected chi connectivity index (χ4v) is 4.26. The Kier molecular flexibility index (Phi) is 9.63. The highest BCUT2D eigenvalue weighted by molar-refractivity contribution is 6.03. The number of rotatable bonds is 11. The third kappa shape index (κ3) is 7.07. The number of hydrogen-bond acceptors (Lipinski definition) is 5. The Bertz CT molecular complexity index is 1280. The number of carboxylic acid groups (broad SMARTS) is 1. The number of urea groups is 1. The quantitative estimate of drug-likeness (QED) is 0.271. The maximum atomic E-state index is 13.2. The van der Waals surface area contributed by atoms with Crippen LogP contribution in [-0.2, 0) is 22.4 Å². The number of fused-ring (bicyclic) bond motifs is 1. The van der Waals surface area contributed by atoms with Gasteiger partial charge in [-0.1, -0.05) is 50.2 Å². The van der Waals surface area contributed by atoms with Crippen LogP contribution >= 0.6 is 0 Å². The monoisotopic (exact) mass is 506 g/mol. The Labute approximate surface area is 216 Å². The summed E-state index contributed by atoms with van der Waals surface area (Å²) in [6.45, 7) is 6.02. The zero-order valence-corrected chi connectivity index (χ0v) is 21.5. The van der Waals surface area contributed by atoms with Crippen molar-refractivity contribution in [2.24, 2.45) is 5.92 Å². The molecular formula is C29H34N2O6. The maximum Gasteiger partial charge on any atom is 0.338 e. The average molecular weight is 507 g/mol. The number of aryl methyl sites for hydroxylation is 1. The van der Waals surface area contributed by atoms with Gasteiger partial charge < -0.3 is 25.6 Å². The lowest BCUT2D eigenvalue weighted by molar-refractivity contribution is -0.136. The first-order valence-corrected chi connectivity index (χ1v) is 12.5. The zero-order valence-electron chi connectivity index (χ0n) is 21.5. The molecule has 3 aromatic rings. The normalized spacial score (nSPS) is 10.9. The molecule has 2 amide bonds. The molecule has 0 unspecified atom stereocenters. The van der Waals surface area contributed by atoms with Crippen molar-refractivity contribution in [2.45, 2.75) is 40.0 Å². The summed E-state index contributed by atoms with van der Waals surface area (Å²) in [6.07, 6.45) is 0.0195. The van der Waals surface area contributed by atoms with Crippen molar-refractivity contribution in [1.82, 2.24) is 5.32 Å². The highest BCUT2D eigenvalue weighted by Gasteiger charge is 2.25. The van der Waals surface area contributed by atoms with E-state index in [4.69, 9.17) is 4.74 Å². The molecule has 0 bridgehead atoms. The van der Waals surface area contributed by atoms with Crippen LogP contribution in [-0.4, -0.2) is 47.9 Å². The van der Waals surface area contributed by atoms with E-state index in [2.05, 4.69) is 10.6 Å². The summed E-state index contributed by atoms with van der Waals surface area (Å²) in [6, 6.07) is 14.8. The summed E-state index contributed by atoms with van der Waals surface area (Å²) in [5, 5.41) is 27.0. The number of carbonyl (C=O) groups is 3. The minimum Gasteiger partial charge on any atom is -0.481 e. The molecule has 0 aliphatic heterocycles. The number of esters is 1. The molecule has 0 aliphatic carbocycles. The number of carbonyl (C=O) groups excluding carboxylic acids is 2. The van der Waals surface area contributed by atoms with Crippen molar-refractivity contribution in [3.05, 3.63) is 65.2 Å². The van der Waals surface area contributed by atoms with Crippen molar-refractivity contribution in [2.75, 3.05) is 25.1 Å². The van der Waals surface area contributed by atoms with E-state index in [1.165, 1.54) is 0 Å². The number of carboxylic acids is 1. The number of aliphatic hydroxyl groups excluding tert-OH is 1. The van der Waals surface area contributed by atoms with E-state index in [1.807, 2.05) is 56.3 Å². The molecule has 0 saturated heterocycles. The largest absolute Gasteiger partial charge is 0.481 e. The number of benzene rings is 3. The predicted octanol–water partition coefficient (Wildman–Crippen LogP) is 5.01. The molecule has 0 radical (unpaired) electrons. The first-order chi connectivity index (χ1) is 17.7. The molecule has 0 atom stereocenters. The fraction of sp³-hybridized carbons (Fsp3) is 0.345. The first kappa shape index (κ1) is 27.7. The number of hydrogen-bond donors (Lipinski definition) is 4. The van der Waals surface area contributed by atoms with Crippen LogP contribution in [0.2, 0.25) is 0 Å². The van der Waals surface area contributed by atoms with E-state index in [0.29, 0.717) is 28.9 Å². The Morgan fingerprint density at radius 2 is 1.73 bits per heavy atom. The predicted molar refractivity (Wildman–Crippen MR) is 144 cm³/mol. The molecule has 196 valence electrons. The van der Waals surface area contributed by atoms with E-state index in [0.717, 1.165) is 16.3 Å². The SMILES string of the molecule is CCOC(=O)c1cc(CCC(=O)O)c(NC(=O)NCC(C)C)c(CCO)c1-c1ccc2ccccc2c1. The summed E-state index contributed by atoms with van der Waals surface area (Å²) in [5.41, 5.74) is 2.94. The van der Waals surface area contributed by atoms with Gasteiger partial charge in [0.1, 0.15) is 0 Å². The molecule has 0 aliphatic rings. The lowest BCUT2D eigenvalue weighted by atomic mass is 9.87. The molecule has 37 heavy (non-hydrogen) atoms. The highest BCUT2D eigenvalue weighted by Crippen LogP contribution is 2.38. The number of aliphatic hydroxyl groups is 1. The molecule has 0 spiro atoms. The fourth-order valence-electron chi connectivity index (χ4n) is 4.26. The van der Waals surface area contributed by atoms with Gasteiger partial charge in [-0.05, 0) is 65.3 Å². The van der Waals surface area contributed by atoms with Gasteiger partial charge >= 0.3 is 18.0 Å². The molecule has 0 aromatic heterocycles. The number of aliphatic carboxylic acids is 1. The van der Waals surface area contributed by atoms with Crippen LogP contribution in [0.1, 0.15) is 48.7 Å². The van der Waals surface area contributed by atoms with E-state index >= 15 is 0 Å². The molecule has 0 fully saturated rings. The lowest BCUT2D eigenvalue weighted by Gasteiger charge is -2.23. The highest BCUT2D eigenvalue weighted by atomic mass is 16.5. The van der Waals surface area contributed by atoms with Crippen molar-refractivity contribution in [1.29, 1.82) is 0 Å². The van der Waals surface area contributed by atoms with Gasteiger partial charge in [0.15, 0.2) is 0 Å². The van der Waals surface area contributed by atoms with Crippen LogP contribution < -0.4 is 10.6 Å². The maximum absolute atomic E-state index is 13.2. The standard InChI is InChI=1S/C29H34N2O6/c1-4-37-28(35)24-16-22(11-12-25(33)34)27(31-29(36)30-17-18(2)3)23(13-14-32)26(24)21-10-9-19-7-5-6-8-20(19)15-21/h5-10,15-16,18,32H,4,11-14,17H2,1-3H3,(H,33,34)(H2,30,31,36). The number of anilines is 1. The topological polar surface area (TPSA) is 125 Å². The molecule has 0 heterocycles. The van der Waals surface area contributed by atoms with E-state index in [1.54, 1.807) is 13.0 Å². The van der Waals surface area contributed by atoms with E-state index in [9.17, 15) is 24.6 Å². The van der Waals surface area contributed by atoms with Gasteiger partial charge in [-0.15, -0.1) is 0 Å². The van der Waals surface area contributed by atoms with Gasteiger partial charge in [-0.25, -0.2) is 9.59 Å². The minimum atomic E-state index is -1.00. The van der Waals surface area contributed by atoms with Crippen LogP contribution in [0.5, 0.6) is 0 Å². The molecular weight excluding hydrogens is 472 g/mol. The van der Waals surface area contributed by atoms with Gasteiger partial charge in [0.05, 0.1) is 12.2 Å². The number of amides is 2. The van der Waals surface area contributed by atoms with Crippen molar-refractivity contribution in [3.63, 3.8) is 0 Å².